The van der Waals surface area contributed by atoms with E-state index in [9.17, 15) is 8.42 Å². The van der Waals surface area contributed by atoms with Crippen LogP contribution in [0.1, 0.15) is 39.0 Å². The Bertz CT molecular complexity index is 227. The fourth-order valence-electron chi connectivity index (χ4n) is 1.15. The molecule has 0 rings (SSSR count). The molecule has 0 fully saturated rings. The SMILES string of the molecule is C/C=C/CCCCCCS(C)(=O)=O. The van der Waals surface area contributed by atoms with Gasteiger partial charge in [0.15, 0.2) is 0 Å². The van der Waals surface area contributed by atoms with E-state index in [1.165, 1.54) is 12.7 Å². The summed E-state index contributed by atoms with van der Waals surface area (Å²) in [6.45, 7) is 2.02. The summed E-state index contributed by atoms with van der Waals surface area (Å²) in [5.74, 6) is 0.344. The van der Waals surface area contributed by atoms with Crippen molar-refractivity contribution in [3.8, 4) is 0 Å². The maximum Gasteiger partial charge on any atom is 0.147 e. The molecule has 0 aliphatic rings. The standard InChI is InChI=1S/C10H20O2S/c1-3-4-5-6-7-8-9-10-13(2,11)12/h3-4H,5-10H2,1-2H3/b4-3+. The molecule has 13 heavy (non-hydrogen) atoms. The average molecular weight is 204 g/mol. The van der Waals surface area contributed by atoms with Gasteiger partial charge in [0, 0.05) is 12.0 Å². The van der Waals surface area contributed by atoms with Crippen molar-refractivity contribution in [3.63, 3.8) is 0 Å². The van der Waals surface area contributed by atoms with Crippen molar-refractivity contribution in [1.82, 2.24) is 0 Å². The molecule has 0 unspecified atom stereocenters. The number of hydrogen-bond acceptors (Lipinski definition) is 2. The average Bonchev–Trinajstić information content (AvgIpc) is 2.01. The van der Waals surface area contributed by atoms with Crippen LogP contribution >= 0.6 is 0 Å². The van der Waals surface area contributed by atoms with Gasteiger partial charge in [-0.15, -0.1) is 0 Å². The molecule has 0 spiro atoms. The number of hydrogen-bond donors (Lipinski definition) is 0. The number of rotatable bonds is 7. The van der Waals surface area contributed by atoms with E-state index in [4.69, 9.17) is 0 Å². The van der Waals surface area contributed by atoms with Crippen molar-refractivity contribution in [1.29, 1.82) is 0 Å². The monoisotopic (exact) mass is 204 g/mol. The smallest absolute Gasteiger partial charge is 0.147 e. The van der Waals surface area contributed by atoms with Gasteiger partial charge in [-0.2, -0.15) is 0 Å². The van der Waals surface area contributed by atoms with Gasteiger partial charge in [0.1, 0.15) is 9.84 Å². The van der Waals surface area contributed by atoms with Crippen molar-refractivity contribution in [3.05, 3.63) is 12.2 Å². The Balaban J connectivity index is 3.18. The molecule has 0 aliphatic carbocycles. The highest BCUT2D eigenvalue weighted by Crippen LogP contribution is 2.04. The van der Waals surface area contributed by atoms with Gasteiger partial charge in [-0.3, -0.25) is 0 Å². The van der Waals surface area contributed by atoms with E-state index in [1.54, 1.807) is 0 Å². The summed E-state index contributed by atoms with van der Waals surface area (Å²) in [5.41, 5.74) is 0. The van der Waals surface area contributed by atoms with Crippen LogP contribution in [0.4, 0.5) is 0 Å². The Hall–Kier alpha value is -0.310. The van der Waals surface area contributed by atoms with Gasteiger partial charge >= 0.3 is 0 Å². The number of allylic oxidation sites excluding steroid dienone is 2. The maximum absolute atomic E-state index is 10.8. The summed E-state index contributed by atoms with van der Waals surface area (Å²) in [5, 5.41) is 0. The highest BCUT2D eigenvalue weighted by molar-refractivity contribution is 7.90. The summed E-state index contributed by atoms with van der Waals surface area (Å²) in [6, 6.07) is 0. The van der Waals surface area contributed by atoms with Crippen molar-refractivity contribution in [2.24, 2.45) is 0 Å². The molecular weight excluding hydrogens is 184 g/mol. The predicted octanol–water partition coefficient (Wildman–Crippen LogP) is 2.56. The fraction of sp³-hybridized carbons (Fsp3) is 0.800. The van der Waals surface area contributed by atoms with Gasteiger partial charge in [-0.25, -0.2) is 8.42 Å². The second-order valence-corrected chi connectivity index (χ2v) is 5.66. The highest BCUT2D eigenvalue weighted by atomic mass is 32.2. The van der Waals surface area contributed by atoms with Gasteiger partial charge in [0.05, 0.1) is 0 Å². The molecule has 0 aromatic rings. The van der Waals surface area contributed by atoms with Crippen LogP contribution in [-0.4, -0.2) is 20.4 Å². The second kappa shape index (κ2) is 7.13. The maximum atomic E-state index is 10.8. The van der Waals surface area contributed by atoms with Gasteiger partial charge in [-0.05, 0) is 26.2 Å². The second-order valence-electron chi connectivity index (χ2n) is 3.40. The Kier molecular flexibility index (Phi) is 6.96. The molecule has 0 saturated carbocycles. The summed E-state index contributed by atoms with van der Waals surface area (Å²) in [7, 11) is -2.74. The lowest BCUT2D eigenvalue weighted by molar-refractivity contribution is 0.593. The highest BCUT2D eigenvalue weighted by Gasteiger charge is 2.00. The molecule has 0 aromatic carbocycles. The zero-order valence-corrected chi connectivity index (χ0v) is 9.44. The first-order valence-corrected chi connectivity index (χ1v) is 6.91. The lowest BCUT2D eigenvalue weighted by atomic mass is 10.1. The zero-order valence-electron chi connectivity index (χ0n) is 8.62. The molecule has 0 aliphatic heterocycles. The summed E-state index contributed by atoms with van der Waals surface area (Å²) in [6.07, 6.45) is 10.8. The van der Waals surface area contributed by atoms with E-state index in [0.29, 0.717) is 5.75 Å². The molecule has 0 amide bonds. The minimum atomic E-state index is -2.74. The lowest BCUT2D eigenvalue weighted by Crippen LogP contribution is -2.02. The third-order valence-electron chi connectivity index (χ3n) is 1.87. The van der Waals surface area contributed by atoms with Gasteiger partial charge in [-0.1, -0.05) is 25.0 Å². The summed E-state index contributed by atoms with van der Waals surface area (Å²) < 4.78 is 21.5. The van der Waals surface area contributed by atoms with Crippen LogP contribution in [-0.2, 0) is 9.84 Å². The first kappa shape index (κ1) is 12.7. The topological polar surface area (TPSA) is 34.1 Å². The molecule has 0 aromatic heterocycles. The minimum Gasteiger partial charge on any atom is -0.229 e. The molecule has 3 heteroatoms. The molecule has 78 valence electrons. The first-order valence-electron chi connectivity index (χ1n) is 4.85. The van der Waals surface area contributed by atoms with Crippen LogP contribution in [0.2, 0.25) is 0 Å². The first-order chi connectivity index (χ1) is 6.06. The zero-order chi connectivity index (χ0) is 10.2. The van der Waals surface area contributed by atoms with Crippen molar-refractivity contribution in [2.75, 3.05) is 12.0 Å². The fourth-order valence-corrected chi connectivity index (χ4v) is 1.88. The Morgan fingerprint density at radius 3 is 2.23 bits per heavy atom. The van der Waals surface area contributed by atoms with Crippen molar-refractivity contribution >= 4 is 9.84 Å². The van der Waals surface area contributed by atoms with Gasteiger partial charge in [0.25, 0.3) is 0 Å². The molecule has 0 heterocycles. The minimum absolute atomic E-state index is 0.344. The Labute approximate surface area is 82.0 Å². The number of unbranched alkanes of at least 4 members (excludes halogenated alkanes) is 4. The third kappa shape index (κ3) is 11.7. The molecule has 0 atom stereocenters. The van der Waals surface area contributed by atoms with Gasteiger partial charge < -0.3 is 0 Å². The van der Waals surface area contributed by atoms with E-state index < -0.39 is 9.84 Å². The van der Waals surface area contributed by atoms with Gasteiger partial charge in [0.2, 0.25) is 0 Å². The molecule has 0 N–H and O–H groups in total. The Morgan fingerprint density at radius 2 is 1.69 bits per heavy atom. The van der Waals surface area contributed by atoms with Crippen LogP contribution < -0.4 is 0 Å². The summed E-state index contributed by atoms with van der Waals surface area (Å²) >= 11 is 0. The summed E-state index contributed by atoms with van der Waals surface area (Å²) in [4.78, 5) is 0. The quantitative estimate of drug-likeness (QED) is 0.472. The number of sulfone groups is 1. The molecule has 2 nitrogen and oxygen atoms in total. The molecule has 0 bridgehead atoms. The van der Waals surface area contributed by atoms with E-state index in [1.807, 2.05) is 6.92 Å². The van der Waals surface area contributed by atoms with Crippen molar-refractivity contribution in [2.45, 2.75) is 39.0 Å². The van der Waals surface area contributed by atoms with Crippen LogP contribution in [0, 0.1) is 0 Å². The van der Waals surface area contributed by atoms with E-state index in [-0.39, 0.29) is 0 Å². The van der Waals surface area contributed by atoms with Crippen LogP contribution in [0.3, 0.4) is 0 Å². The third-order valence-corrected chi connectivity index (χ3v) is 2.90. The van der Waals surface area contributed by atoms with Crippen LogP contribution in [0.25, 0.3) is 0 Å². The van der Waals surface area contributed by atoms with E-state index >= 15 is 0 Å². The molecular formula is C10H20O2S. The van der Waals surface area contributed by atoms with Crippen LogP contribution in [0.5, 0.6) is 0 Å². The molecule has 0 saturated heterocycles. The van der Waals surface area contributed by atoms with E-state index in [0.717, 1.165) is 25.7 Å². The lowest BCUT2D eigenvalue weighted by Gasteiger charge is -1.98. The van der Waals surface area contributed by atoms with Crippen molar-refractivity contribution < 1.29 is 8.42 Å². The van der Waals surface area contributed by atoms with Crippen LogP contribution in [0.15, 0.2) is 12.2 Å². The largest absolute Gasteiger partial charge is 0.229 e. The predicted molar refractivity (Wildman–Crippen MR) is 57.6 cm³/mol. The Morgan fingerprint density at radius 1 is 1.08 bits per heavy atom. The molecule has 0 radical (unpaired) electrons. The van der Waals surface area contributed by atoms with E-state index in [2.05, 4.69) is 12.2 Å². The normalized spacial score (nSPS) is 12.5.